The van der Waals surface area contributed by atoms with E-state index in [4.69, 9.17) is 0 Å². The van der Waals surface area contributed by atoms with E-state index in [9.17, 15) is 9.90 Å². The van der Waals surface area contributed by atoms with Gasteiger partial charge >= 0.3 is 0 Å². The summed E-state index contributed by atoms with van der Waals surface area (Å²) < 4.78 is 0. The summed E-state index contributed by atoms with van der Waals surface area (Å²) in [6.07, 6.45) is 8.11. The molecule has 0 atom stereocenters. The van der Waals surface area contributed by atoms with Crippen molar-refractivity contribution in [3.63, 3.8) is 0 Å². The Morgan fingerprint density at radius 1 is 1.37 bits per heavy atom. The average Bonchev–Trinajstić information content (AvgIpc) is 2.40. The van der Waals surface area contributed by atoms with Crippen molar-refractivity contribution in [2.45, 2.75) is 52.6 Å². The number of aliphatic hydroxyl groups is 1. The van der Waals surface area contributed by atoms with Gasteiger partial charge in [0, 0.05) is 18.2 Å². The third-order valence-electron chi connectivity index (χ3n) is 3.22. The highest BCUT2D eigenvalue weighted by Gasteiger charge is 2.13. The van der Waals surface area contributed by atoms with Crippen LogP contribution in [0.15, 0.2) is 18.5 Å². The van der Waals surface area contributed by atoms with Crippen LogP contribution < -0.4 is 5.32 Å². The monoisotopic (exact) mass is 264 g/mol. The molecule has 1 rings (SSSR count). The van der Waals surface area contributed by atoms with E-state index >= 15 is 0 Å². The van der Waals surface area contributed by atoms with Crippen LogP contribution in [0.3, 0.4) is 0 Å². The summed E-state index contributed by atoms with van der Waals surface area (Å²) in [6, 6.07) is 1.71. The SMILES string of the molecule is CCCC(CCC)CC(=O)Nc1cnccc1CO. The van der Waals surface area contributed by atoms with Crippen LogP contribution >= 0.6 is 0 Å². The molecule has 0 aliphatic carbocycles. The summed E-state index contributed by atoms with van der Waals surface area (Å²) in [5, 5.41) is 12.0. The standard InChI is InChI=1S/C15H24N2O2/c1-3-5-12(6-4-2)9-15(19)17-14-10-16-8-7-13(14)11-18/h7-8,10,12,18H,3-6,9,11H2,1-2H3,(H,17,19). The van der Waals surface area contributed by atoms with Gasteiger partial charge in [-0.1, -0.05) is 39.5 Å². The third-order valence-corrected chi connectivity index (χ3v) is 3.22. The van der Waals surface area contributed by atoms with E-state index < -0.39 is 0 Å². The van der Waals surface area contributed by atoms with Gasteiger partial charge in [0.25, 0.3) is 0 Å². The second-order valence-electron chi connectivity index (χ2n) is 4.89. The van der Waals surface area contributed by atoms with Gasteiger partial charge in [-0.15, -0.1) is 0 Å². The molecule has 0 saturated heterocycles. The number of hydrogen-bond acceptors (Lipinski definition) is 3. The van der Waals surface area contributed by atoms with Gasteiger partial charge in [-0.2, -0.15) is 0 Å². The van der Waals surface area contributed by atoms with Crippen molar-refractivity contribution in [1.29, 1.82) is 0 Å². The lowest BCUT2D eigenvalue weighted by Gasteiger charge is -2.15. The van der Waals surface area contributed by atoms with E-state index in [0.717, 1.165) is 25.7 Å². The molecular weight excluding hydrogens is 240 g/mol. The molecule has 0 unspecified atom stereocenters. The van der Waals surface area contributed by atoms with E-state index in [1.165, 1.54) is 0 Å². The molecule has 0 aliphatic heterocycles. The van der Waals surface area contributed by atoms with Crippen molar-refractivity contribution in [1.82, 2.24) is 4.98 Å². The van der Waals surface area contributed by atoms with E-state index in [-0.39, 0.29) is 12.5 Å². The highest BCUT2D eigenvalue weighted by Crippen LogP contribution is 2.19. The van der Waals surface area contributed by atoms with E-state index in [2.05, 4.69) is 24.1 Å². The number of rotatable bonds is 8. The van der Waals surface area contributed by atoms with Gasteiger partial charge in [0.2, 0.25) is 5.91 Å². The third kappa shape index (κ3) is 5.39. The molecule has 4 nitrogen and oxygen atoms in total. The Bertz CT molecular complexity index is 387. The smallest absolute Gasteiger partial charge is 0.224 e. The Morgan fingerprint density at radius 3 is 2.63 bits per heavy atom. The van der Waals surface area contributed by atoms with Crippen LogP contribution in [0.1, 0.15) is 51.5 Å². The highest BCUT2D eigenvalue weighted by atomic mass is 16.3. The predicted molar refractivity (Wildman–Crippen MR) is 76.7 cm³/mol. The number of pyridine rings is 1. The van der Waals surface area contributed by atoms with Gasteiger partial charge in [-0.3, -0.25) is 9.78 Å². The number of nitrogens with one attached hydrogen (secondary N) is 1. The molecular formula is C15H24N2O2. The fraction of sp³-hybridized carbons (Fsp3) is 0.600. The minimum Gasteiger partial charge on any atom is -0.392 e. The van der Waals surface area contributed by atoms with Crippen molar-refractivity contribution < 1.29 is 9.90 Å². The lowest BCUT2D eigenvalue weighted by Crippen LogP contribution is -2.17. The predicted octanol–water partition coefficient (Wildman–Crippen LogP) is 3.12. The lowest BCUT2D eigenvalue weighted by atomic mass is 9.94. The van der Waals surface area contributed by atoms with Gasteiger partial charge in [0.15, 0.2) is 0 Å². The van der Waals surface area contributed by atoms with Crippen LogP contribution in [0.5, 0.6) is 0 Å². The molecule has 2 N–H and O–H groups in total. The summed E-state index contributed by atoms with van der Waals surface area (Å²) in [7, 11) is 0. The first-order valence-electron chi connectivity index (χ1n) is 7.04. The first kappa shape index (κ1) is 15.6. The first-order chi connectivity index (χ1) is 9.21. The highest BCUT2D eigenvalue weighted by molar-refractivity contribution is 5.91. The quantitative estimate of drug-likeness (QED) is 0.758. The molecule has 4 heteroatoms. The number of nitrogens with zero attached hydrogens (tertiary/aromatic N) is 1. The number of hydrogen-bond donors (Lipinski definition) is 2. The number of amides is 1. The largest absolute Gasteiger partial charge is 0.392 e. The Hall–Kier alpha value is -1.42. The van der Waals surface area contributed by atoms with Gasteiger partial charge < -0.3 is 10.4 Å². The Labute approximate surface area is 115 Å². The molecule has 0 bridgehead atoms. The lowest BCUT2D eigenvalue weighted by molar-refractivity contribution is -0.117. The van der Waals surface area contributed by atoms with Crippen molar-refractivity contribution in [3.8, 4) is 0 Å². The molecule has 1 amide bonds. The van der Waals surface area contributed by atoms with Crippen LogP contribution in [0.4, 0.5) is 5.69 Å². The molecule has 1 heterocycles. The van der Waals surface area contributed by atoms with E-state index in [1.54, 1.807) is 18.5 Å². The molecule has 0 aromatic carbocycles. The van der Waals surface area contributed by atoms with Gasteiger partial charge in [-0.05, 0) is 12.0 Å². The summed E-state index contributed by atoms with van der Waals surface area (Å²) in [6.45, 7) is 4.20. The molecule has 0 fully saturated rings. The fourth-order valence-corrected chi connectivity index (χ4v) is 2.30. The van der Waals surface area contributed by atoms with Crippen LogP contribution in [0, 0.1) is 5.92 Å². The van der Waals surface area contributed by atoms with Crippen molar-refractivity contribution in [3.05, 3.63) is 24.0 Å². The topological polar surface area (TPSA) is 62.2 Å². The summed E-state index contributed by atoms with van der Waals surface area (Å²) >= 11 is 0. The first-order valence-corrected chi connectivity index (χ1v) is 7.04. The maximum atomic E-state index is 12.0. The Morgan fingerprint density at radius 2 is 2.05 bits per heavy atom. The van der Waals surface area contributed by atoms with Gasteiger partial charge in [-0.25, -0.2) is 0 Å². The molecule has 19 heavy (non-hydrogen) atoms. The second-order valence-corrected chi connectivity index (χ2v) is 4.89. The number of carbonyl (C=O) groups is 1. The van der Waals surface area contributed by atoms with Crippen LogP contribution in [-0.2, 0) is 11.4 Å². The van der Waals surface area contributed by atoms with Crippen LogP contribution in [-0.4, -0.2) is 16.0 Å². The number of aromatic nitrogens is 1. The average molecular weight is 264 g/mol. The number of anilines is 1. The fourth-order valence-electron chi connectivity index (χ4n) is 2.30. The molecule has 0 aliphatic rings. The Kier molecular flexibility index (Phi) is 7.11. The summed E-state index contributed by atoms with van der Waals surface area (Å²) in [4.78, 5) is 16.0. The summed E-state index contributed by atoms with van der Waals surface area (Å²) in [5.41, 5.74) is 1.31. The zero-order valence-corrected chi connectivity index (χ0v) is 11.9. The summed E-state index contributed by atoms with van der Waals surface area (Å²) in [5.74, 6) is 0.457. The van der Waals surface area contributed by atoms with E-state index in [0.29, 0.717) is 23.6 Å². The van der Waals surface area contributed by atoms with Crippen molar-refractivity contribution in [2.24, 2.45) is 5.92 Å². The molecule has 0 saturated carbocycles. The number of aliphatic hydroxyl groups excluding tert-OH is 1. The zero-order chi connectivity index (χ0) is 14.1. The van der Waals surface area contributed by atoms with Crippen molar-refractivity contribution >= 4 is 11.6 Å². The van der Waals surface area contributed by atoms with Crippen molar-refractivity contribution in [2.75, 3.05) is 5.32 Å². The Balaban J connectivity index is 2.58. The van der Waals surface area contributed by atoms with Crippen LogP contribution in [0.25, 0.3) is 0 Å². The van der Waals surface area contributed by atoms with Crippen LogP contribution in [0.2, 0.25) is 0 Å². The van der Waals surface area contributed by atoms with Gasteiger partial charge in [0.05, 0.1) is 18.5 Å². The minimum atomic E-state index is -0.0918. The van der Waals surface area contributed by atoms with Gasteiger partial charge in [0.1, 0.15) is 0 Å². The molecule has 0 radical (unpaired) electrons. The minimum absolute atomic E-state index is 0.00889. The normalized spacial score (nSPS) is 10.7. The van der Waals surface area contributed by atoms with E-state index in [1.807, 2.05) is 0 Å². The number of carbonyl (C=O) groups excluding carboxylic acids is 1. The zero-order valence-electron chi connectivity index (χ0n) is 11.9. The molecule has 1 aromatic rings. The maximum Gasteiger partial charge on any atom is 0.224 e. The molecule has 0 spiro atoms. The molecule has 106 valence electrons. The second kappa shape index (κ2) is 8.64. The maximum absolute atomic E-state index is 12.0. The molecule has 1 aromatic heterocycles.